The number of benzene rings is 1. The molecule has 2 aromatic rings. The summed E-state index contributed by atoms with van der Waals surface area (Å²) in [6.45, 7) is 0.819. The SMILES string of the molecule is O=C(c1cc(COc2ccc3c(c2)OCO3)[nH]n1)N1CC=CC1CO. The Kier molecular flexibility index (Phi) is 4.02. The van der Waals surface area contributed by atoms with Crippen molar-refractivity contribution in [1.82, 2.24) is 15.1 Å². The van der Waals surface area contributed by atoms with Gasteiger partial charge in [0.1, 0.15) is 12.4 Å². The number of aliphatic hydroxyl groups excluding tert-OH is 1. The molecule has 1 aromatic heterocycles. The van der Waals surface area contributed by atoms with Crippen LogP contribution in [0.2, 0.25) is 0 Å². The van der Waals surface area contributed by atoms with E-state index in [2.05, 4.69) is 10.2 Å². The first-order valence-electron chi connectivity index (χ1n) is 7.90. The van der Waals surface area contributed by atoms with E-state index in [-0.39, 0.29) is 32.0 Å². The number of H-pyrrole nitrogens is 1. The first-order chi connectivity index (χ1) is 12.2. The normalized spacial score (nSPS) is 18.0. The van der Waals surface area contributed by atoms with Crippen molar-refractivity contribution in [2.75, 3.05) is 19.9 Å². The van der Waals surface area contributed by atoms with Gasteiger partial charge in [-0.05, 0) is 18.2 Å². The van der Waals surface area contributed by atoms with Gasteiger partial charge in [-0.3, -0.25) is 9.89 Å². The van der Waals surface area contributed by atoms with E-state index in [4.69, 9.17) is 14.2 Å². The van der Waals surface area contributed by atoms with E-state index in [9.17, 15) is 9.90 Å². The molecule has 0 saturated heterocycles. The lowest BCUT2D eigenvalue weighted by molar-refractivity contribution is 0.0694. The van der Waals surface area contributed by atoms with Crippen molar-refractivity contribution in [2.45, 2.75) is 12.6 Å². The van der Waals surface area contributed by atoms with Gasteiger partial charge in [-0.25, -0.2) is 0 Å². The smallest absolute Gasteiger partial charge is 0.275 e. The fourth-order valence-electron chi connectivity index (χ4n) is 2.78. The van der Waals surface area contributed by atoms with Gasteiger partial charge in [-0.15, -0.1) is 0 Å². The van der Waals surface area contributed by atoms with Crippen molar-refractivity contribution in [3.8, 4) is 17.2 Å². The molecule has 0 radical (unpaired) electrons. The fraction of sp³-hybridized carbons (Fsp3) is 0.294. The van der Waals surface area contributed by atoms with Crippen LogP contribution in [-0.4, -0.2) is 52.1 Å². The van der Waals surface area contributed by atoms with Crippen molar-refractivity contribution in [1.29, 1.82) is 0 Å². The number of aliphatic hydroxyl groups is 1. The maximum Gasteiger partial charge on any atom is 0.275 e. The number of ether oxygens (including phenoxy) is 3. The number of fused-ring (bicyclic) bond motifs is 1. The highest BCUT2D eigenvalue weighted by atomic mass is 16.7. The molecular weight excluding hydrogens is 326 g/mol. The second-order valence-corrected chi connectivity index (χ2v) is 5.72. The summed E-state index contributed by atoms with van der Waals surface area (Å²) in [5.41, 5.74) is 0.972. The molecule has 130 valence electrons. The quantitative estimate of drug-likeness (QED) is 0.789. The Morgan fingerprint density at radius 3 is 3.12 bits per heavy atom. The second kappa shape index (κ2) is 6.48. The average molecular weight is 343 g/mol. The molecule has 2 N–H and O–H groups in total. The molecule has 2 aliphatic heterocycles. The Morgan fingerprint density at radius 2 is 2.24 bits per heavy atom. The number of amides is 1. The zero-order chi connectivity index (χ0) is 17.2. The number of aromatic nitrogens is 2. The van der Waals surface area contributed by atoms with Crippen LogP contribution in [0, 0.1) is 0 Å². The van der Waals surface area contributed by atoms with E-state index in [1.54, 1.807) is 29.2 Å². The Morgan fingerprint density at radius 1 is 1.36 bits per heavy atom. The zero-order valence-electron chi connectivity index (χ0n) is 13.3. The van der Waals surface area contributed by atoms with Crippen LogP contribution in [0.15, 0.2) is 36.4 Å². The first-order valence-corrected chi connectivity index (χ1v) is 7.90. The van der Waals surface area contributed by atoms with Gasteiger partial charge < -0.3 is 24.2 Å². The van der Waals surface area contributed by atoms with E-state index in [0.29, 0.717) is 35.2 Å². The predicted octanol–water partition coefficient (Wildman–Crippen LogP) is 1.09. The summed E-state index contributed by atoms with van der Waals surface area (Å²) in [6.07, 6.45) is 3.67. The van der Waals surface area contributed by atoms with Crippen LogP contribution >= 0.6 is 0 Å². The number of nitrogens with one attached hydrogen (secondary N) is 1. The minimum atomic E-state index is -0.294. The number of rotatable bonds is 5. The fourth-order valence-corrected chi connectivity index (χ4v) is 2.78. The molecule has 0 spiro atoms. The summed E-state index contributed by atoms with van der Waals surface area (Å²) in [5.74, 6) is 1.75. The van der Waals surface area contributed by atoms with Crippen molar-refractivity contribution < 1.29 is 24.1 Å². The topological polar surface area (TPSA) is 96.9 Å². The zero-order valence-corrected chi connectivity index (χ0v) is 13.3. The molecular formula is C17H17N3O5. The van der Waals surface area contributed by atoms with E-state index >= 15 is 0 Å². The Hall–Kier alpha value is -3.00. The molecule has 3 heterocycles. The van der Waals surface area contributed by atoms with E-state index < -0.39 is 0 Å². The van der Waals surface area contributed by atoms with Crippen LogP contribution < -0.4 is 14.2 Å². The Bertz CT molecular complexity index is 816. The Labute approximate surface area is 143 Å². The molecule has 25 heavy (non-hydrogen) atoms. The highest BCUT2D eigenvalue weighted by Crippen LogP contribution is 2.35. The van der Waals surface area contributed by atoms with E-state index in [0.717, 1.165) is 0 Å². The lowest BCUT2D eigenvalue weighted by Gasteiger charge is -2.21. The minimum absolute atomic E-state index is 0.104. The summed E-state index contributed by atoms with van der Waals surface area (Å²) in [6, 6.07) is 6.69. The molecule has 0 fully saturated rings. The second-order valence-electron chi connectivity index (χ2n) is 5.72. The molecule has 1 aromatic carbocycles. The third kappa shape index (κ3) is 3.03. The van der Waals surface area contributed by atoms with Crippen LogP contribution in [0.1, 0.15) is 16.2 Å². The highest BCUT2D eigenvalue weighted by Gasteiger charge is 2.26. The minimum Gasteiger partial charge on any atom is -0.487 e. The number of hydrogen-bond donors (Lipinski definition) is 2. The summed E-state index contributed by atoms with van der Waals surface area (Å²) in [5, 5.41) is 16.2. The lowest BCUT2D eigenvalue weighted by atomic mass is 10.2. The molecule has 1 atom stereocenters. The molecule has 2 aliphatic rings. The molecule has 0 bridgehead atoms. The number of aromatic amines is 1. The molecule has 1 amide bonds. The number of nitrogens with zero attached hydrogens (tertiary/aromatic N) is 2. The van der Waals surface area contributed by atoms with Crippen LogP contribution in [0.3, 0.4) is 0 Å². The predicted molar refractivity (Wildman–Crippen MR) is 86.5 cm³/mol. The van der Waals surface area contributed by atoms with Gasteiger partial charge in [0, 0.05) is 12.6 Å². The van der Waals surface area contributed by atoms with Crippen molar-refractivity contribution >= 4 is 5.91 Å². The molecule has 0 saturated carbocycles. The Balaban J connectivity index is 1.39. The standard InChI is InChI=1S/C17H17N3O5/c21-8-12-2-1-5-20(12)17(22)14-6-11(18-19-14)9-23-13-3-4-15-16(7-13)25-10-24-15/h1-4,6-7,12,21H,5,8-10H2,(H,18,19). The monoisotopic (exact) mass is 343 g/mol. The maximum absolute atomic E-state index is 12.5. The van der Waals surface area contributed by atoms with Gasteiger partial charge in [-0.1, -0.05) is 12.2 Å². The van der Waals surface area contributed by atoms with Gasteiger partial charge >= 0.3 is 0 Å². The van der Waals surface area contributed by atoms with Gasteiger partial charge in [0.05, 0.1) is 18.3 Å². The molecule has 8 heteroatoms. The molecule has 4 rings (SSSR count). The third-order valence-electron chi connectivity index (χ3n) is 4.10. The van der Waals surface area contributed by atoms with Gasteiger partial charge in [-0.2, -0.15) is 5.10 Å². The largest absolute Gasteiger partial charge is 0.487 e. The number of carbonyl (C=O) groups excluding carboxylic acids is 1. The van der Waals surface area contributed by atoms with Crippen molar-refractivity contribution in [3.63, 3.8) is 0 Å². The average Bonchev–Trinajstić information content (AvgIpc) is 3.38. The lowest BCUT2D eigenvalue weighted by Crippen LogP contribution is -2.38. The summed E-state index contributed by atoms with van der Waals surface area (Å²) < 4.78 is 16.3. The van der Waals surface area contributed by atoms with Gasteiger partial charge in [0.25, 0.3) is 5.91 Å². The maximum atomic E-state index is 12.5. The number of carbonyl (C=O) groups is 1. The van der Waals surface area contributed by atoms with Crippen LogP contribution in [-0.2, 0) is 6.61 Å². The van der Waals surface area contributed by atoms with Gasteiger partial charge in [0.2, 0.25) is 6.79 Å². The van der Waals surface area contributed by atoms with Crippen LogP contribution in [0.5, 0.6) is 17.2 Å². The van der Waals surface area contributed by atoms with Crippen LogP contribution in [0.4, 0.5) is 0 Å². The first kappa shape index (κ1) is 15.5. The summed E-state index contributed by atoms with van der Waals surface area (Å²) in [7, 11) is 0. The van der Waals surface area contributed by atoms with Crippen molar-refractivity contribution in [2.24, 2.45) is 0 Å². The highest BCUT2D eigenvalue weighted by molar-refractivity contribution is 5.93. The molecule has 0 aliphatic carbocycles. The number of hydrogen-bond acceptors (Lipinski definition) is 6. The third-order valence-corrected chi connectivity index (χ3v) is 4.10. The molecule has 1 unspecified atom stereocenters. The van der Waals surface area contributed by atoms with E-state index in [1.165, 1.54) is 0 Å². The van der Waals surface area contributed by atoms with Crippen LogP contribution in [0.25, 0.3) is 0 Å². The summed E-state index contributed by atoms with van der Waals surface area (Å²) >= 11 is 0. The molecule has 8 nitrogen and oxygen atoms in total. The van der Waals surface area contributed by atoms with E-state index in [1.807, 2.05) is 12.2 Å². The summed E-state index contributed by atoms with van der Waals surface area (Å²) in [4.78, 5) is 14.0. The van der Waals surface area contributed by atoms with Gasteiger partial charge in [0.15, 0.2) is 17.2 Å². The van der Waals surface area contributed by atoms with Crippen molar-refractivity contribution in [3.05, 3.63) is 47.8 Å².